The van der Waals surface area contributed by atoms with E-state index < -0.39 is 0 Å². The first-order valence-corrected chi connectivity index (χ1v) is 6.56. The molecule has 0 fully saturated rings. The summed E-state index contributed by atoms with van der Waals surface area (Å²) in [6.07, 6.45) is 0.665. The molecule has 0 saturated heterocycles. The Morgan fingerprint density at radius 1 is 1.35 bits per heavy atom. The lowest BCUT2D eigenvalue weighted by Crippen LogP contribution is -2.30. The van der Waals surface area contributed by atoms with Gasteiger partial charge in [-0.25, -0.2) is 4.98 Å². The largest absolute Gasteiger partial charge is 0.382 e. The molecule has 2 rings (SSSR count). The van der Waals surface area contributed by atoms with Gasteiger partial charge in [-0.3, -0.25) is 4.79 Å². The minimum atomic E-state index is -0.128. The Balaban J connectivity index is 1.68. The predicted octanol–water partition coefficient (Wildman–Crippen LogP) is 0.885. The van der Waals surface area contributed by atoms with Crippen molar-refractivity contribution in [3.8, 4) is 0 Å². The lowest BCUT2D eigenvalue weighted by Gasteiger charge is -2.04. The average molecular weight is 277 g/mol. The van der Waals surface area contributed by atoms with Gasteiger partial charge in [-0.05, 0) is 12.1 Å². The molecule has 1 aromatic heterocycles. The summed E-state index contributed by atoms with van der Waals surface area (Å²) in [5.74, 6) is 0.740. The maximum Gasteiger partial charge on any atom is 0.246 e. The third-order valence-electron chi connectivity index (χ3n) is 2.79. The van der Waals surface area contributed by atoms with Crippen molar-refractivity contribution in [2.45, 2.75) is 6.42 Å². The minimum Gasteiger partial charge on any atom is -0.382 e. The fraction of sp³-hybridized carbons (Fsp3) is 0.429. The summed E-state index contributed by atoms with van der Waals surface area (Å²) in [5.41, 5.74) is 1.95. The molecule has 1 heterocycles. The number of rotatable bonds is 8. The maximum atomic E-state index is 11.5. The first kappa shape index (κ1) is 14.5. The third kappa shape index (κ3) is 4.32. The monoisotopic (exact) mass is 277 g/mol. The van der Waals surface area contributed by atoms with Crippen LogP contribution in [-0.2, 0) is 20.7 Å². The van der Waals surface area contributed by atoms with Gasteiger partial charge in [0.25, 0.3) is 0 Å². The van der Waals surface area contributed by atoms with E-state index >= 15 is 0 Å². The lowest BCUT2D eigenvalue weighted by atomic mass is 10.3. The SMILES string of the molecule is COCCOCC(=O)NCCc1nc2ccccc2[nH]1. The molecule has 2 N–H and O–H groups in total. The first-order valence-electron chi connectivity index (χ1n) is 6.56. The highest BCUT2D eigenvalue weighted by atomic mass is 16.5. The number of benzene rings is 1. The highest BCUT2D eigenvalue weighted by Gasteiger charge is 2.04. The summed E-state index contributed by atoms with van der Waals surface area (Å²) in [7, 11) is 1.59. The van der Waals surface area contributed by atoms with Gasteiger partial charge < -0.3 is 19.8 Å². The quantitative estimate of drug-likeness (QED) is 0.702. The number of methoxy groups -OCH3 is 1. The zero-order chi connectivity index (χ0) is 14.2. The summed E-state index contributed by atoms with van der Waals surface area (Å²) in [6, 6.07) is 7.85. The molecule has 0 aliphatic rings. The Morgan fingerprint density at radius 3 is 3.00 bits per heavy atom. The molecule has 108 valence electrons. The maximum absolute atomic E-state index is 11.5. The molecule has 6 nitrogen and oxygen atoms in total. The zero-order valence-electron chi connectivity index (χ0n) is 11.5. The van der Waals surface area contributed by atoms with Gasteiger partial charge in [-0.2, -0.15) is 0 Å². The van der Waals surface area contributed by atoms with E-state index in [4.69, 9.17) is 9.47 Å². The predicted molar refractivity (Wildman–Crippen MR) is 75.5 cm³/mol. The molecule has 1 amide bonds. The molecule has 6 heteroatoms. The van der Waals surface area contributed by atoms with Gasteiger partial charge in [0.2, 0.25) is 5.91 Å². The Morgan fingerprint density at radius 2 is 2.20 bits per heavy atom. The van der Waals surface area contributed by atoms with Crippen LogP contribution in [0.4, 0.5) is 0 Å². The third-order valence-corrected chi connectivity index (χ3v) is 2.79. The normalized spacial score (nSPS) is 10.8. The highest BCUT2D eigenvalue weighted by Crippen LogP contribution is 2.10. The van der Waals surface area contributed by atoms with Crippen LogP contribution in [0.5, 0.6) is 0 Å². The van der Waals surface area contributed by atoms with Crippen LogP contribution in [0.15, 0.2) is 24.3 Å². The van der Waals surface area contributed by atoms with E-state index in [1.807, 2.05) is 24.3 Å². The number of fused-ring (bicyclic) bond motifs is 1. The van der Waals surface area contributed by atoms with Gasteiger partial charge >= 0.3 is 0 Å². The standard InChI is InChI=1S/C14H19N3O3/c1-19-8-9-20-10-14(18)15-7-6-13-16-11-4-2-3-5-12(11)17-13/h2-5H,6-10H2,1H3,(H,15,18)(H,16,17). The van der Waals surface area contributed by atoms with Crippen molar-refractivity contribution in [2.75, 3.05) is 33.5 Å². The second kappa shape index (κ2) is 7.62. The second-order valence-corrected chi connectivity index (χ2v) is 4.35. The average Bonchev–Trinajstić information content (AvgIpc) is 2.86. The Labute approximate surface area is 117 Å². The smallest absolute Gasteiger partial charge is 0.246 e. The molecule has 0 unspecified atom stereocenters. The van der Waals surface area contributed by atoms with Crippen molar-refractivity contribution in [2.24, 2.45) is 0 Å². The van der Waals surface area contributed by atoms with Crippen LogP contribution >= 0.6 is 0 Å². The summed E-state index contributed by atoms with van der Waals surface area (Å²) in [4.78, 5) is 19.1. The number of imidazole rings is 1. The number of ether oxygens (including phenoxy) is 2. The number of nitrogens with zero attached hydrogens (tertiary/aromatic N) is 1. The van der Waals surface area contributed by atoms with Crippen LogP contribution in [0.3, 0.4) is 0 Å². The second-order valence-electron chi connectivity index (χ2n) is 4.35. The zero-order valence-corrected chi connectivity index (χ0v) is 11.5. The summed E-state index contributed by atoms with van der Waals surface area (Å²) in [6.45, 7) is 1.51. The van der Waals surface area contributed by atoms with E-state index in [0.717, 1.165) is 16.9 Å². The molecule has 0 atom stereocenters. The fourth-order valence-corrected chi connectivity index (χ4v) is 1.80. The summed E-state index contributed by atoms with van der Waals surface area (Å²) < 4.78 is 9.95. The van der Waals surface area contributed by atoms with Crippen LogP contribution in [0.2, 0.25) is 0 Å². The summed E-state index contributed by atoms with van der Waals surface area (Å²) >= 11 is 0. The number of carbonyl (C=O) groups is 1. The molecular formula is C14H19N3O3. The molecule has 0 aliphatic carbocycles. The Kier molecular flexibility index (Phi) is 5.52. The van der Waals surface area contributed by atoms with Crippen molar-refractivity contribution >= 4 is 16.9 Å². The number of amides is 1. The number of aromatic amines is 1. The number of hydrogen-bond donors (Lipinski definition) is 2. The number of para-hydroxylation sites is 2. The number of aromatic nitrogens is 2. The van der Waals surface area contributed by atoms with E-state index in [1.54, 1.807) is 7.11 Å². The number of hydrogen-bond acceptors (Lipinski definition) is 4. The Hall–Kier alpha value is -1.92. The van der Waals surface area contributed by atoms with Gasteiger partial charge in [0.15, 0.2) is 0 Å². The molecule has 20 heavy (non-hydrogen) atoms. The van der Waals surface area contributed by atoms with Crippen molar-refractivity contribution in [1.29, 1.82) is 0 Å². The fourth-order valence-electron chi connectivity index (χ4n) is 1.80. The molecule has 0 spiro atoms. The number of nitrogens with one attached hydrogen (secondary N) is 2. The van der Waals surface area contributed by atoms with Crippen LogP contribution in [0.1, 0.15) is 5.82 Å². The van der Waals surface area contributed by atoms with Crippen LogP contribution in [-0.4, -0.2) is 49.4 Å². The lowest BCUT2D eigenvalue weighted by molar-refractivity contribution is -0.126. The van der Waals surface area contributed by atoms with Crippen molar-refractivity contribution in [1.82, 2.24) is 15.3 Å². The van der Waals surface area contributed by atoms with E-state index in [0.29, 0.717) is 26.2 Å². The van der Waals surface area contributed by atoms with Crippen LogP contribution in [0, 0.1) is 0 Å². The van der Waals surface area contributed by atoms with Crippen molar-refractivity contribution in [3.63, 3.8) is 0 Å². The van der Waals surface area contributed by atoms with Crippen molar-refractivity contribution < 1.29 is 14.3 Å². The number of carbonyl (C=O) groups excluding carboxylic acids is 1. The molecule has 0 radical (unpaired) electrons. The van der Waals surface area contributed by atoms with Crippen molar-refractivity contribution in [3.05, 3.63) is 30.1 Å². The molecule has 0 aliphatic heterocycles. The van der Waals surface area contributed by atoms with Crippen LogP contribution < -0.4 is 5.32 Å². The highest BCUT2D eigenvalue weighted by molar-refractivity contribution is 5.77. The molecule has 0 bridgehead atoms. The van der Waals surface area contributed by atoms with Gasteiger partial charge in [-0.1, -0.05) is 12.1 Å². The minimum absolute atomic E-state index is 0.0590. The van der Waals surface area contributed by atoms with Crippen LogP contribution in [0.25, 0.3) is 11.0 Å². The van der Waals surface area contributed by atoms with Gasteiger partial charge in [0, 0.05) is 20.1 Å². The van der Waals surface area contributed by atoms with Gasteiger partial charge in [-0.15, -0.1) is 0 Å². The first-order chi connectivity index (χ1) is 9.79. The number of H-pyrrole nitrogens is 1. The summed E-state index contributed by atoms with van der Waals surface area (Å²) in [5, 5.41) is 2.79. The van der Waals surface area contributed by atoms with E-state index in [2.05, 4.69) is 15.3 Å². The molecule has 0 saturated carbocycles. The Bertz CT molecular complexity index is 520. The van der Waals surface area contributed by atoms with Gasteiger partial charge in [0.05, 0.1) is 24.2 Å². The molecule has 1 aromatic carbocycles. The van der Waals surface area contributed by atoms with E-state index in [1.165, 1.54) is 0 Å². The van der Waals surface area contributed by atoms with E-state index in [9.17, 15) is 4.79 Å². The topological polar surface area (TPSA) is 76.2 Å². The van der Waals surface area contributed by atoms with E-state index in [-0.39, 0.29) is 12.5 Å². The molecular weight excluding hydrogens is 258 g/mol. The van der Waals surface area contributed by atoms with Gasteiger partial charge in [0.1, 0.15) is 12.4 Å². The molecule has 2 aromatic rings.